The lowest BCUT2D eigenvalue weighted by molar-refractivity contribution is 0.532. The molecule has 0 saturated heterocycles. The van der Waals surface area contributed by atoms with Gasteiger partial charge in [-0.2, -0.15) is 0 Å². The van der Waals surface area contributed by atoms with Gasteiger partial charge in [-0.3, -0.25) is 0 Å². The maximum absolute atomic E-state index is 11.3. The zero-order chi connectivity index (χ0) is 15.0. The van der Waals surface area contributed by atoms with Gasteiger partial charge in [0.25, 0.3) is 0 Å². The molecule has 0 bridgehead atoms. The van der Waals surface area contributed by atoms with Crippen LogP contribution in [-0.2, 0) is 9.84 Å². The highest BCUT2D eigenvalue weighted by atomic mass is 32.2. The Balaban J connectivity index is 2.53. The molecule has 0 aliphatic carbocycles. The second kappa shape index (κ2) is 8.70. The minimum Gasteiger partial charge on any atom is -0.313 e. The summed E-state index contributed by atoms with van der Waals surface area (Å²) in [7, 11) is -2.88. The van der Waals surface area contributed by atoms with Crippen molar-refractivity contribution >= 4 is 21.6 Å². The molecular formula is C15H25NO2S2. The van der Waals surface area contributed by atoms with Crippen molar-refractivity contribution < 1.29 is 8.42 Å². The SMILES string of the molecule is CCCNC(CCS(C)(=O)=O)CSc1ccccc1C. The number of benzene rings is 1. The molecule has 1 aromatic rings. The zero-order valence-electron chi connectivity index (χ0n) is 12.6. The van der Waals surface area contributed by atoms with Gasteiger partial charge in [-0.15, -0.1) is 11.8 Å². The van der Waals surface area contributed by atoms with Gasteiger partial charge in [0.05, 0.1) is 5.75 Å². The number of aryl methyl sites for hydroxylation is 1. The minimum absolute atomic E-state index is 0.245. The van der Waals surface area contributed by atoms with E-state index in [4.69, 9.17) is 0 Å². The molecule has 0 aliphatic heterocycles. The van der Waals surface area contributed by atoms with Crippen molar-refractivity contribution in [1.29, 1.82) is 0 Å². The van der Waals surface area contributed by atoms with Crippen LogP contribution >= 0.6 is 11.8 Å². The van der Waals surface area contributed by atoms with E-state index < -0.39 is 9.84 Å². The molecule has 114 valence electrons. The number of nitrogens with one attached hydrogen (secondary N) is 1. The molecule has 1 aromatic carbocycles. The third-order valence-electron chi connectivity index (χ3n) is 3.05. The van der Waals surface area contributed by atoms with Crippen molar-refractivity contribution in [3.05, 3.63) is 29.8 Å². The average molecular weight is 316 g/mol. The number of hydrogen-bond acceptors (Lipinski definition) is 4. The van der Waals surface area contributed by atoms with Crippen molar-refractivity contribution in [2.75, 3.05) is 24.3 Å². The molecule has 0 aromatic heterocycles. The number of thioether (sulfide) groups is 1. The van der Waals surface area contributed by atoms with Crippen LogP contribution in [0, 0.1) is 6.92 Å². The van der Waals surface area contributed by atoms with E-state index in [0.29, 0.717) is 6.42 Å². The van der Waals surface area contributed by atoms with Crippen molar-refractivity contribution in [3.63, 3.8) is 0 Å². The second-order valence-electron chi connectivity index (χ2n) is 5.15. The Morgan fingerprint density at radius 1 is 1.30 bits per heavy atom. The Kier molecular flexibility index (Phi) is 7.62. The highest BCUT2D eigenvalue weighted by Crippen LogP contribution is 2.23. The summed E-state index contributed by atoms with van der Waals surface area (Å²) in [5, 5.41) is 3.45. The molecule has 0 spiro atoms. The fraction of sp³-hybridized carbons (Fsp3) is 0.600. The van der Waals surface area contributed by atoms with E-state index >= 15 is 0 Å². The van der Waals surface area contributed by atoms with Crippen LogP contribution in [0.2, 0.25) is 0 Å². The smallest absolute Gasteiger partial charge is 0.147 e. The second-order valence-corrected chi connectivity index (χ2v) is 8.47. The zero-order valence-corrected chi connectivity index (χ0v) is 14.2. The lowest BCUT2D eigenvalue weighted by atomic mass is 10.2. The summed E-state index contributed by atoms with van der Waals surface area (Å²) in [6.07, 6.45) is 3.04. The maximum Gasteiger partial charge on any atom is 0.147 e. The van der Waals surface area contributed by atoms with Crippen molar-refractivity contribution in [3.8, 4) is 0 Å². The largest absolute Gasteiger partial charge is 0.313 e. The third kappa shape index (κ3) is 7.31. The molecule has 0 radical (unpaired) electrons. The van der Waals surface area contributed by atoms with E-state index in [9.17, 15) is 8.42 Å². The first-order chi connectivity index (χ1) is 9.42. The van der Waals surface area contributed by atoms with Crippen LogP contribution in [0.25, 0.3) is 0 Å². The molecule has 20 heavy (non-hydrogen) atoms. The van der Waals surface area contributed by atoms with Crippen LogP contribution in [0.3, 0.4) is 0 Å². The Hall–Kier alpha value is -0.520. The first kappa shape index (κ1) is 17.5. The first-order valence-corrected chi connectivity index (χ1v) is 10.1. The van der Waals surface area contributed by atoms with Gasteiger partial charge in [-0.25, -0.2) is 8.42 Å². The highest BCUT2D eigenvalue weighted by Gasteiger charge is 2.12. The highest BCUT2D eigenvalue weighted by molar-refractivity contribution is 7.99. The fourth-order valence-electron chi connectivity index (χ4n) is 1.86. The van der Waals surface area contributed by atoms with E-state index in [1.807, 2.05) is 12.1 Å². The van der Waals surface area contributed by atoms with Crippen LogP contribution in [-0.4, -0.2) is 38.8 Å². The maximum atomic E-state index is 11.3. The summed E-state index contributed by atoms with van der Waals surface area (Å²) >= 11 is 1.80. The number of hydrogen-bond donors (Lipinski definition) is 1. The summed E-state index contributed by atoms with van der Waals surface area (Å²) in [5.74, 6) is 1.16. The number of rotatable bonds is 9. The van der Waals surface area contributed by atoms with Gasteiger partial charge in [0.1, 0.15) is 9.84 Å². The van der Waals surface area contributed by atoms with Crippen molar-refractivity contribution in [1.82, 2.24) is 5.32 Å². The van der Waals surface area contributed by atoms with E-state index in [2.05, 4.69) is 31.3 Å². The van der Waals surface area contributed by atoms with Crippen LogP contribution in [0.5, 0.6) is 0 Å². The lowest BCUT2D eigenvalue weighted by Gasteiger charge is -2.18. The van der Waals surface area contributed by atoms with Crippen molar-refractivity contribution in [2.45, 2.75) is 37.6 Å². The summed E-state index contributed by atoms with van der Waals surface area (Å²) in [6, 6.07) is 8.55. The normalized spacial score (nSPS) is 13.3. The summed E-state index contributed by atoms with van der Waals surface area (Å²) < 4.78 is 22.6. The standard InChI is InChI=1S/C15H25NO2S2/c1-4-10-16-14(9-11-20(3,17)18)12-19-15-8-6-5-7-13(15)2/h5-8,14,16H,4,9-12H2,1-3H3. The van der Waals surface area contributed by atoms with E-state index in [0.717, 1.165) is 18.7 Å². The Bertz CT molecular complexity index is 500. The first-order valence-electron chi connectivity index (χ1n) is 7.02. The summed E-state index contributed by atoms with van der Waals surface area (Å²) in [6.45, 7) is 5.16. The minimum atomic E-state index is -2.88. The summed E-state index contributed by atoms with van der Waals surface area (Å²) in [4.78, 5) is 1.27. The molecule has 0 fully saturated rings. The van der Waals surface area contributed by atoms with E-state index in [1.165, 1.54) is 16.7 Å². The third-order valence-corrected chi connectivity index (χ3v) is 5.37. The molecule has 1 rings (SSSR count). The molecule has 0 aliphatic rings. The van der Waals surface area contributed by atoms with E-state index in [-0.39, 0.29) is 11.8 Å². The molecule has 0 amide bonds. The van der Waals surface area contributed by atoms with Crippen LogP contribution < -0.4 is 5.32 Å². The molecule has 1 unspecified atom stereocenters. The molecule has 0 heterocycles. The molecule has 5 heteroatoms. The quantitative estimate of drug-likeness (QED) is 0.712. The van der Waals surface area contributed by atoms with Gasteiger partial charge in [0.2, 0.25) is 0 Å². The van der Waals surface area contributed by atoms with Crippen LogP contribution in [0.4, 0.5) is 0 Å². The molecule has 1 N–H and O–H groups in total. The van der Waals surface area contributed by atoms with E-state index in [1.54, 1.807) is 11.8 Å². The molecule has 3 nitrogen and oxygen atoms in total. The van der Waals surface area contributed by atoms with Gasteiger partial charge in [-0.1, -0.05) is 25.1 Å². The Morgan fingerprint density at radius 2 is 2.00 bits per heavy atom. The van der Waals surface area contributed by atoms with Crippen molar-refractivity contribution in [2.24, 2.45) is 0 Å². The predicted molar refractivity (Wildman–Crippen MR) is 88.3 cm³/mol. The average Bonchev–Trinajstić information content (AvgIpc) is 2.38. The fourth-order valence-corrected chi connectivity index (χ4v) is 3.71. The van der Waals surface area contributed by atoms with Crippen LogP contribution in [0.15, 0.2) is 29.2 Å². The lowest BCUT2D eigenvalue weighted by Crippen LogP contribution is -2.33. The van der Waals surface area contributed by atoms with Crippen LogP contribution in [0.1, 0.15) is 25.3 Å². The molecule has 1 atom stereocenters. The van der Waals surface area contributed by atoms with Gasteiger partial charge in [-0.05, 0) is 37.9 Å². The van der Waals surface area contributed by atoms with Gasteiger partial charge < -0.3 is 5.32 Å². The molecule has 0 saturated carbocycles. The Labute approximate surface area is 127 Å². The molecular weight excluding hydrogens is 290 g/mol. The monoisotopic (exact) mass is 315 g/mol. The van der Waals surface area contributed by atoms with Gasteiger partial charge >= 0.3 is 0 Å². The summed E-state index contributed by atoms with van der Waals surface area (Å²) in [5.41, 5.74) is 1.27. The Morgan fingerprint density at radius 3 is 2.60 bits per heavy atom. The topological polar surface area (TPSA) is 46.2 Å². The number of sulfone groups is 1. The van der Waals surface area contributed by atoms with Gasteiger partial charge in [0.15, 0.2) is 0 Å². The predicted octanol–water partition coefficient (Wildman–Crippen LogP) is 2.89. The van der Waals surface area contributed by atoms with Gasteiger partial charge in [0, 0.05) is 22.9 Å².